The number of benzene rings is 1. The Morgan fingerprint density at radius 1 is 1.23 bits per heavy atom. The molecule has 4 heterocycles. The number of fused-ring (bicyclic) bond motifs is 3. The number of nitrogens with zero attached hydrogens (tertiary/aromatic N) is 4. The molecule has 1 fully saturated rings. The number of aromatic nitrogens is 4. The summed E-state index contributed by atoms with van der Waals surface area (Å²) in [6.45, 7) is 3.29. The number of carbonyl (C=O) groups excluding carboxylic acids is 1. The number of hydrogen-bond acceptors (Lipinski definition) is 3. The highest BCUT2D eigenvalue weighted by Crippen LogP contribution is 2.33. The molecular formula is C22H21F2N5O. The number of aromatic amines is 1. The minimum absolute atomic E-state index is 0.0452. The van der Waals surface area contributed by atoms with Crippen LogP contribution in [0.4, 0.5) is 8.78 Å². The third-order valence-corrected chi connectivity index (χ3v) is 6.09. The summed E-state index contributed by atoms with van der Waals surface area (Å²) in [6.07, 6.45) is 6.18. The number of imidazole rings is 1. The Hall–Kier alpha value is -3.29. The monoisotopic (exact) mass is 409 g/mol. The van der Waals surface area contributed by atoms with Gasteiger partial charge in [0.05, 0.1) is 29.8 Å². The molecule has 1 aliphatic rings. The number of rotatable bonds is 3. The lowest BCUT2D eigenvalue weighted by atomic mass is 9.86. The normalized spacial score (nSPS) is 19.6. The highest BCUT2D eigenvalue weighted by Gasteiger charge is 2.33. The van der Waals surface area contributed by atoms with Gasteiger partial charge in [0.15, 0.2) is 5.65 Å². The van der Waals surface area contributed by atoms with E-state index < -0.39 is 11.6 Å². The van der Waals surface area contributed by atoms with E-state index in [2.05, 4.69) is 26.3 Å². The topological polar surface area (TPSA) is 66.3 Å². The van der Waals surface area contributed by atoms with Crippen LogP contribution in [0, 0.1) is 17.6 Å². The Morgan fingerprint density at radius 3 is 2.90 bits per heavy atom. The molecule has 0 bridgehead atoms. The van der Waals surface area contributed by atoms with Crippen LogP contribution in [0.1, 0.15) is 30.7 Å². The first-order valence-corrected chi connectivity index (χ1v) is 10.0. The predicted octanol–water partition coefficient (Wildman–Crippen LogP) is 3.68. The number of carbonyl (C=O) groups is 1. The number of H-pyrrole nitrogens is 1. The van der Waals surface area contributed by atoms with Gasteiger partial charge in [0.25, 0.3) is 0 Å². The second-order valence-corrected chi connectivity index (χ2v) is 7.97. The van der Waals surface area contributed by atoms with Gasteiger partial charge < -0.3 is 9.88 Å². The predicted molar refractivity (Wildman–Crippen MR) is 108 cm³/mol. The molecule has 1 aromatic carbocycles. The van der Waals surface area contributed by atoms with Gasteiger partial charge in [-0.25, -0.2) is 18.7 Å². The van der Waals surface area contributed by atoms with Crippen LogP contribution in [0.2, 0.25) is 0 Å². The standard InChI is InChI=1S/C22H21F2N5O/c1-13-5-7-28(20(30)8-14-2-3-15(23)9-18(14)24)12-17(13)22-27-11-16-10-26-21-19(29(16)22)4-6-25-21/h2-4,6,9-11,13,17,25H,5,7-8,12H2,1H3/t13-,17+/m1/s1. The summed E-state index contributed by atoms with van der Waals surface area (Å²) in [7, 11) is 0. The first-order valence-electron chi connectivity index (χ1n) is 10.0. The van der Waals surface area contributed by atoms with E-state index in [0.717, 1.165) is 35.0 Å². The highest BCUT2D eigenvalue weighted by atomic mass is 19.1. The molecule has 1 N–H and O–H groups in total. The smallest absolute Gasteiger partial charge is 0.227 e. The summed E-state index contributed by atoms with van der Waals surface area (Å²) in [6, 6.07) is 5.30. The first kappa shape index (κ1) is 18.7. The van der Waals surface area contributed by atoms with E-state index in [1.807, 2.05) is 12.3 Å². The summed E-state index contributed by atoms with van der Waals surface area (Å²) < 4.78 is 29.2. The van der Waals surface area contributed by atoms with Crippen LogP contribution in [-0.4, -0.2) is 43.2 Å². The fourth-order valence-electron chi connectivity index (χ4n) is 4.33. The lowest BCUT2D eigenvalue weighted by Crippen LogP contribution is -2.43. The minimum Gasteiger partial charge on any atom is -0.345 e. The van der Waals surface area contributed by atoms with Crippen molar-refractivity contribution in [3.05, 3.63) is 65.9 Å². The molecule has 154 valence electrons. The van der Waals surface area contributed by atoms with E-state index in [9.17, 15) is 13.6 Å². The van der Waals surface area contributed by atoms with Crippen LogP contribution in [0.25, 0.3) is 16.7 Å². The molecule has 0 radical (unpaired) electrons. The van der Waals surface area contributed by atoms with Crippen molar-refractivity contribution in [1.29, 1.82) is 0 Å². The fourth-order valence-corrected chi connectivity index (χ4v) is 4.33. The number of nitrogens with one attached hydrogen (secondary N) is 1. The van der Waals surface area contributed by atoms with Crippen LogP contribution in [0.5, 0.6) is 0 Å². The van der Waals surface area contributed by atoms with Crippen molar-refractivity contribution in [3.8, 4) is 0 Å². The largest absolute Gasteiger partial charge is 0.345 e. The van der Waals surface area contributed by atoms with Gasteiger partial charge in [0.2, 0.25) is 5.91 Å². The molecular weight excluding hydrogens is 388 g/mol. The van der Waals surface area contributed by atoms with Crippen molar-refractivity contribution < 1.29 is 13.6 Å². The van der Waals surface area contributed by atoms with Crippen LogP contribution in [0.3, 0.4) is 0 Å². The van der Waals surface area contributed by atoms with Crippen molar-refractivity contribution in [2.75, 3.05) is 13.1 Å². The Balaban J connectivity index is 1.43. The maximum absolute atomic E-state index is 14.0. The van der Waals surface area contributed by atoms with E-state index in [4.69, 9.17) is 0 Å². The van der Waals surface area contributed by atoms with Crippen LogP contribution >= 0.6 is 0 Å². The van der Waals surface area contributed by atoms with Crippen molar-refractivity contribution in [3.63, 3.8) is 0 Å². The molecule has 1 amide bonds. The summed E-state index contributed by atoms with van der Waals surface area (Å²) in [4.78, 5) is 26.9. The summed E-state index contributed by atoms with van der Waals surface area (Å²) in [5.41, 5.74) is 2.85. The molecule has 1 saturated heterocycles. The van der Waals surface area contributed by atoms with Gasteiger partial charge in [0.1, 0.15) is 17.5 Å². The maximum Gasteiger partial charge on any atom is 0.227 e. The van der Waals surface area contributed by atoms with Gasteiger partial charge in [-0.3, -0.25) is 9.20 Å². The van der Waals surface area contributed by atoms with Crippen molar-refractivity contribution >= 4 is 22.6 Å². The zero-order valence-corrected chi connectivity index (χ0v) is 16.5. The third-order valence-electron chi connectivity index (χ3n) is 6.09. The molecule has 6 nitrogen and oxygen atoms in total. The molecule has 4 aromatic rings. The van der Waals surface area contributed by atoms with E-state index >= 15 is 0 Å². The number of hydrogen-bond donors (Lipinski definition) is 1. The Labute approximate surface area is 171 Å². The Bertz CT molecular complexity index is 1250. The van der Waals surface area contributed by atoms with Gasteiger partial charge in [-0.05, 0) is 30.0 Å². The van der Waals surface area contributed by atoms with Crippen LogP contribution < -0.4 is 0 Å². The van der Waals surface area contributed by atoms with Gasteiger partial charge in [-0.15, -0.1) is 0 Å². The molecule has 1 aliphatic heterocycles. The number of amides is 1. The molecule has 3 aromatic heterocycles. The van der Waals surface area contributed by atoms with Crippen LogP contribution in [-0.2, 0) is 11.2 Å². The van der Waals surface area contributed by atoms with Gasteiger partial charge >= 0.3 is 0 Å². The quantitative estimate of drug-likeness (QED) is 0.561. The van der Waals surface area contributed by atoms with Crippen molar-refractivity contribution in [2.45, 2.75) is 25.7 Å². The third kappa shape index (κ3) is 3.12. The second kappa shape index (κ2) is 7.19. The summed E-state index contributed by atoms with van der Waals surface area (Å²) in [5.74, 6) is -0.214. The zero-order chi connectivity index (χ0) is 20.8. The van der Waals surface area contributed by atoms with Gasteiger partial charge in [-0.1, -0.05) is 13.0 Å². The molecule has 8 heteroatoms. The number of likely N-dealkylation sites (tertiary alicyclic amines) is 1. The minimum atomic E-state index is -0.688. The summed E-state index contributed by atoms with van der Waals surface area (Å²) in [5, 5.41) is 0. The van der Waals surface area contributed by atoms with Crippen LogP contribution in [0.15, 0.2) is 42.9 Å². The lowest BCUT2D eigenvalue weighted by molar-refractivity contribution is -0.132. The van der Waals surface area contributed by atoms with Gasteiger partial charge in [0, 0.05) is 31.3 Å². The lowest BCUT2D eigenvalue weighted by Gasteiger charge is -2.36. The Kier molecular flexibility index (Phi) is 4.49. The molecule has 0 saturated carbocycles. The maximum atomic E-state index is 14.0. The average Bonchev–Trinajstić information content (AvgIpc) is 3.36. The first-order chi connectivity index (χ1) is 14.5. The van der Waals surface area contributed by atoms with E-state index in [-0.39, 0.29) is 23.8 Å². The molecule has 0 unspecified atom stereocenters. The van der Waals surface area contributed by atoms with E-state index in [1.165, 1.54) is 12.1 Å². The van der Waals surface area contributed by atoms with Crippen molar-refractivity contribution in [1.82, 2.24) is 24.3 Å². The molecule has 0 aliphatic carbocycles. The van der Waals surface area contributed by atoms with E-state index in [0.29, 0.717) is 19.0 Å². The Morgan fingerprint density at radius 2 is 2.07 bits per heavy atom. The second-order valence-electron chi connectivity index (χ2n) is 7.97. The van der Waals surface area contributed by atoms with E-state index in [1.54, 1.807) is 17.3 Å². The fraction of sp³-hybridized carbons (Fsp3) is 0.318. The molecule has 30 heavy (non-hydrogen) atoms. The van der Waals surface area contributed by atoms with Gasteiger partial charge in [-0.2, -0.15) is 0 Å². The SMILES string of the molecule is C[C@@H]1CCN(C(=O)Cc2ccc(F)cc2F)C[C@@H]1c1ncc2cnc3[nH]ccc3n12. The zero-order valence-electron chi connectivity index (χ0n) is 16.5. The molecule has 5 rings (SSSR count). The number of halogens is 2. The molecule has 0 spiro atoms. The average molecular weight is 409 g/mol. The molecule has 2 atom stereocenters. The summed E-state index contributed by atoms with van der Waals surface area (Å²) >= 11 is 0. The number of piperidine rings is 1. The highest BCUT2D eigenvalue weighted by molar-refractivity contribution is 5.79. The van der Waals surface area contributed by atoms with Crippen molar-refractivity contribution in [2.24, 2.45) is 5.92 Å².